The van der Waals surface area contributed by atoms with E-state index in [2.05, 4.69) is 0 Å². The molecule has 0 aromatic heterocycles. The van der Waals surface area contributed by atoms with Crippen molar-refractivity contribution in [3.8, 4) is 5.75 Å². The van der Waals surface area contributed by atoms with Gasteiger partial charge in [0, 0.05) is 0 Å². The van der Waals surface area contributed by atoms with Crippen molar-refractivity contribution in [2.45, 2.75) is 6.61 Å². The molecule has 3 aromatic rings. The number of hydrogen-bond donors (Lipinski definition) is 1. The summed E-state index contributed by atoms with van der Waals surface area (Å²) >= 11 is 6.23. The first kappa shape index (κ1) is 14.4. The monoisotopic (exact) mass is 312 g/mol. The number of carbonyl (C=O) groups is 1. The Hall–Kier alpha value is -2.52. The number of ether oxygens (including phenoxy) is 1. The third-order valence-corrected chi connectivity index (χ3v) is 3.66. The van der Waals surface area contributed by atoms with E-state index in [1.165, 1.54) is 0 Å². The molecule has 3 nitrogen and oxygen atoms in total. The largest absolute Gasteiger partial charge is 0.487 e. The highest BCUT2D eigenvalue weighted by molar-refractivity contribution is 6.32. The first-order valence-electron chi connectivity index (χ1n) is 6.77. The maximum atomic E-state index is 11.0. The second-order valence-corrected chi connectivity index (χ2v) is 5.33. The number of carboxylic acids is 1. The molecule has 0 fully saturated rings. The van der Waals surface area contributed by atoms with Crippen molar-refractivity contribution in [2.24, 2.45) is 0 Å². The van der Waals surface area contributed by atoms with E-state index in [0.717, 1.165) is 16.3 Å². The Bertz CT molecular complexity index is 843. The van der Waals surface area contributed by atoms with Gasteiger partial charge >= 0.3 is 5.97 Å². The molecule has 0 unspecified atom stereocenters. The molecule has 0 amide bonds. The lowest BCUT2D eigenvalue weighted by molar-refractivity contribution is 0.0696. The molecule has 0 atom stereocenters. The van der Waals surface area contributed by atoms with Gasteiger partial charge in [0.2, 0.25) is 0 Å². The van der Waals surface area contributed by atoms with Gasteiger partial charge in [-0.05, 0) is 40.6 Å². The number of rotatable bonds is 4. The Morgan fingerprint density at radius 1 is 1.00 bits per heavy atom. The van der Waals surface area contributed by atoms with Crippen LogP contribution in [0.1, 0.15) is 15.9 Å². The summed E-state index contributed by atoms with van der Waals surface area (Å²) in [5.41, 5.74) is 1.02. The Labute approximate surface area is 132 Å². The van der Waals surface area contributed by atoms with E-state index in [-0.39, 0.29) is 12.2 Å². The fraction of sp³-hybridized carbons (Fsp3) is 0.0556. The molecule has 110 valence electrons. The summed E-state index contributed by atoms with van der Waals surface area (Å²) in [5, 5.41) is 11.6. The molecule has 0 saturated carbocycles. The maximum Gasteiger partial charge on any atom is 0.335 e. The lowest BCUT2D eigenvalue weighted by Crippen LogP contribution is -2.00. The van der Waals surface area contributed by atoms with Crippen LogP contribution in [0.15, 0.2) is 60.7 Å². The molecule has 0 spiro atoms. The van der Waals surface area contributed by atoms with Crippen molar-refractivity contribution in [2.75, 3.05) is 0 Å². The van der Waals surface area contributed by atoms with Gasteiger partial charge in [-0.15, -0.1) is 0 Å². The molecule has 0 aliphatic rings. The number of halogens is 1. The van der Waals surface area contributed by atoms with Gasteiger partial charge in [-0.2, -0.15) is 0 Å². The quantitative estimate of drug-likeness (QED) is 0.754. The molecule has 0 radical (unpaired) electrons. The predicted molar refractivity (Wildman–Crippen MR) is 86.7 cm³/mol. The van der Waals surface area contributed by atoms with Crippen molar-refractivity contribution in [3.63, 3.8) is 0 Å². The first-order chi connectivity index (χ1) is 10.6. The summed E-state index contributed by atoms with van der Waals surface area (Å²) in [6, 6.07) is 18.3. The molecule has 0 saturated heterocycles. The SMILES string of the molecule is O=C(O)c1cccc(COc2cc3ccccc3cc2Cl)c1. The van der Waals surface area contributed by atoms with Crippen molar-refractivity contribution >= 4 is 28.3 Å². The Morgan fingerprint density at radius 3 is 2.45 bits per heavy atom. The zero-order valence-corrected chi connectivity index (χ0v) is 12.4. The highest BCUT2D eigenvalue weighted by atomic mass is 35.5. The molecule has 3 rings (SSSR count). The second kappa shape index (κ2) is 6.08. The summed E-state index contributed by atoms with van der Waals surface area (Å²) in [6.45, 7) is 0.263. The molecule has 0 bridgehead atoms. The molecule has 4 heteroatoms. The zero-order valence-electron chi connectivity index (χ0n) is 11.6. The normalized spacial score (nSPS) is 10.6. The van der Waals surface area contributed by atoms with Crippen LogP contribution in [-0.2, 0) is 6.61 Å². The predicted octanol–water partition coefficient (Wildman–Crippen LogP) is 4.77. The van der Waals surface area contributed by atoms with Crippen LogP contribution in [0.4, 0.5) is 0 Å². The van der Waals surface area contributed by atoms with Crippen LogP contribution in [0.5, 0.6) is 5.75 Å². The van der Waals surface area contributed by atoms with Crippen LogP contribution in [0.2, 0.25) is 5.02 Å². The Morgan fingerprint density at radius 2 is 1.73 bits per heavy atom. The van der Waals surface area contributed by atoms with Gasteiger partial charge in [-0.1, -0.05) is 48.0 Å². The van der Waals surface area contributed by atoms with Crippen molar-refractivity contribution in [1.29, 1.82) is 0 Å². The van der Waals surface area contributed by atoms with E-state index in [0.29, 0.717) is 10.8 Å². The Balaban J connectivity index is 1.83. The van der Waals surface area contributed by atoms with Crippen LogP contribution < -0.4 is 4.74 Å². The summed E-state index contributed by atoms with van der Waals surface area (Å²) in [6.07, 6.45) is 0. The minimum absolute atomic E-state index is 0.241. The molecule has 0 aliphatic heterocycles. The number of benzene rings is 3. The number of hydrogen-bond acceptors (Lipinski definition) is 2. The van der Waals surface area contributed by atoms with Crippen molar-refractivity contribution in [1.82, 2.24) is 0 Å². The van der Waals surface area contributed by atoms with E-state index >= 15 is 0 Å². The number of carboxylic acid groups (broad SMARTS) is 1. The minimum Gasteiger partial charge on any atom is -0.487 e. The van der Waals surface area contributed by atoms with Crippen LogP contribution in [-0.4, -0.2) is 11.1 Å². The fourth-order valence-corrected chi connectivity index (χ4v) is 2.48. The Kier molecular flexibility index (Phi) is 3.98. The maximum absolute atomic E-state index is 11.0. The van der Waals surface area contributed by atoms with Gasteiger partial charge < -0.3 is 9.84 Å². The minimum atomic E-state index is -0.953. The molecule has 1 N–H and O–H groups in total. The summed E-state index contributed by atoms with van der Waals surface area (Å²) in [7, 11) is 0. The van der Waals surface area contributed by atoms with E-state index < -0.39 is 5.97 Å². The third kappa shape index (κ3) is 3.05. The van der Waals surface area contributed by atoms with Crippen molar-refractivity contribution in [3.05, 3.63) is 76.8 Å². The molecular formula is C18H13ClO3. The highest BCUT2D eigenvalue weighted by Crippen LogP contribution is 2.30. The lowest BCUT2D eigenvalue weighted by atomic mass is 10.1. The van der Waals surface area contributed by atoms with Crippen LogP contribution in [0.25, 0.3) is 10.8 Å². The van der Waals surface area contributed by atoms with Gasteiger partial charge in [-0.3, -0.25) is 0 Å². The average molecular weight is 313 g/mol. The molecule has 0 heterocycles. The summed E-state index contributed by atoms with van der Waals surface area (Å²) in [5.74, 6) is -0.369. The van der Waals surface area contributed by atoms with Gasteiger partial charge in [0.1, 0.15) is 12.4 Å². The van der Waals surface area contributed by atoms with Gasteiger partial charge in [0.25, 0.3) is 0 Å². The van der Waals surface area contributed by atoms with E-state index in [1.54, 1.807) is 18.2 Å². The summed E-state index contributed by atoms with van der Waals surface area (Å²) < 4.78 is 5.74. The third-order valence-electron chi connectivity index (χ3n) is 3.37. The average Bonchev–Trinajstić information content (AvgIpc) is 2.53. The molecule has 0 aliphatic carbocycles. The number of aromatic carboxylic acids is 1. The topological polar surface area (TPSA) is 46.5 Å². The highest BCUT2D eigenvalue weighted by Gasteiger charge is 2.07. The molecule has 3 aromatic carbocycles. The number of fused-ring (bicyclic) bond motifs is 1. The van der Waals surface area contributed by atoms with E-state index in [9.17, 15) is 4.79 Å². The van der Waals surface area contributed by atoms with E-state index in [1.807, 2.05) is 42.5 Å². The molecule has 22 heavy (non-hydrogen) atoms. The van der Waals surface area contributed by atoms with Crippen LogP contribution in [0.3, 0.4) is 0 Å². The lowest BCUT2D eigenvalue weighted by Gasteiger charge is -2.10. The fourth-order valence-electron chi connectivity index (χ4n) is 2.26. The molecular weight excluding hydrogens is 300 g/mol. The summed E-state index contributed by atoms with van der Waals surface area (Å²) in [4.78, 5) is 11.0. The van der Waals surface area contributed by atoms with Gasteiger partial charge in [0.15, 0.2) is 0 Å². The van der Waals surface area contributed by atoms with Crippen LogP contribution in [0, 0.1) is 0 Å². The first-order valence-corrected chi connectivity index (χ1v) is 7.14. The second-order valence-electron chi connectivity index (χ2n) is 4.92. The van der Waals surface area contributed by atoms with E-state index in [4.69, 9.17) is 21.4 Å². The van der Waals surface area contributed by atoms with Gasteiger partial charge in [-0.25, -0.2) is 4.79 Å². The van der Waals surface area contributed by atoms with Gasteiger partial charge in [0.05, 0.1) is 10.6 Å². The zero-order chi connectivity index (χ0) is 15.5. The van der Waals surface area contributed by atoms with Crippen molar-refractivity contribution < 1.29 is 14.6 Å². The smallest absolute Gasteiger partial charge is 0.335 e. The standard InChI is InChI=1S/C18H13ClO3/c19-16-9-13-5-1-2-6-14(13)10-17(16)22-11-12-4-3-7-15(8-12)18(20)21/h1-10H,11H2,(H,20,21). The van der Waals surface area contributed by atoms with Crippen LogP contribution >= 0.6 is 11.6 Å².